The summed E-state index contributed by atoms with van der Waals surface area (Å²) < 4.78 is 28.4. The van der Waals surface area contributed by atoms with Crippen LogP contribution in [0, 0.1) is 23.0 Å². The summed E-state index contributed by atoms with van der Waals surface area (Å²) in [5.74, 6) is -0.995. The van der Waals surface area contributed by atoms with Crippen LogP contribution in [-0.2, 0) is 0 Å². The number of hydrogen-bond donors (Lipinski definition) is 1. The Bertz CT molecular complexity index is 865. The fourth-order valence-corrected chi connectivity index (χ4v) is 3.82. The molecule has 20 heavy (non-hydrogen) atoms. The van der Waals surface area contributed by atoms with Gasteiger partial charge in [0.1, 0.15) is 0 Å². The van der Waals surface area contributed by atoms with Crippen molar-refractivity contribution < 1.29 is 8.78 Å². The quantitative estimate of drug-likeness (QED) is 0.550. The molecule has 0 atom stereocenters. The molecule has 0 amide bonds. The fourth-order valence-electron chi connectivity index (χ4n) is 1.86. The van der Waals surface area contributed by atoms with Crippen LogP contribution in [0.4, 0.5) is 14.5 Å². The third-order valence-electron chi connectivity index (χ3n) is 2.85. The van der Waals surface area contributed by atoms with Crippen molar-refractivity contribution in [2.75, 3.05) is 5.73 Å². The zero-order valence-electron chi connectivity index (χ0n) is 10.0. The third-order valence-corrected chi connectivity index (χ3v) is 5.12. The molecule has 0 spiro atoms. The number of fused-ring (bicyclic) bond motifs is 1. The van der Waals surface area contributed by atoms with Crippen LogP contribution >= 0.6 is 0 Å². The molecule has 0 saturated heterocycles. The zero-order chi connectivity index (χ0) is 14.3. The maximum absolute atomic E-state index is 13.7. The molecule has 0 aliphatic heterocycles. The Kier molecular flexibility index (Phi) is 3.01. The van der Waals surface area contributed by atoms with Gasteiger partial charge < -0.3 is 0 Å². The maximum atomic E-state index is 13.7. The first-order chi connectivity index (χ1) is 9.58. The Hall–Kier alpha value is -2.22. The Morgan fingerprint density at radius 1 is 1.20 bits per heavy atom. The average molecular weight is 334 g/mol. The van der Waals surface area contributed by atoms with Crippen molar-refractivity contribution in [3.63, 3.8) is 0 Å². The normalized spacial score (nSPS) is 10.7. The van der Waals surface area contributed by atoms with Crippen LogP contribution in [0.3, 0.4) is 0 Å². The van der Waals surface area contributed by atoms with Crippen molar-refractivity contribution >= 4 is 30.0 Å². The summed E-state index contributed by atoms with van der Waals surface area (Å²) in [6.07, 6.45) is 0. The molecule has 6 heteroatoms. The molecule has 1 heterocycles. The number of aromatic nitrogens is 1. The van der Waals surface area contributed by atoms with Gasteiger partial charge in [-0.15, -0.1) is 0 Å². The molecule has 1 aromatic heterocycles. The van der Waals surface area contributed by atoms with Gasteiger partial charge in [0.25, 0.3) is 0 Å². The van der Waals surface area contributed by atoms with Gasteiger partial charge in [0, 0.05) is 0 Å². The molecule has 2 aromatic carbocycles. The molecule has 0 aliphatic rings. The molecule has 3 nitrogen and oxygen atoms in total. The van der Waals surface area contributed by atoms with Gasteiger partial charge in [-0.25, -0.2) is 0 Å². The summed E-state index contributed by atoms with van der Waals surface area (Å²) in [6, 6.07) is 9.04. The minimum absolute atomic E-state index is 0.0839. The summed E-state index contributed by atoms with van der Waals surface area (Å²) in [4.78, 5) is 4.32. The number of nitriles is 1. The Balaban J connectivity index is 2.20. The summed E-state index contributed by atoms with van der Waals surface area (Å²) in [5.41, 5.74) is 6.49. The van der Waals surface area contributed by atoms with Crippen molar-refractivity contribution in [3.8, 4) is 16.2 Å². The molecular weight excluding hydrogens is 327 g/mol. The summed E-state index contributed by atoms with van der Waals surface area (Å²) in [5, 5.41) is 8.94. The molecule has 3 aromatic rings. The summed E-state index contributed by atoms with van der Waals surface area (Å²) >= 11 is -0.141. The van der Waals surface area contributed by atoms with Gasteiger partial charge in [0.05, 0.1) is 0 Å². The van der Waals surface area contributed by atoms with Gasteiger partial charge in [-0.2, -0.15) is 0 Å². The Labute approximate surface area is 119 Å². The molecule has 98 valence electrons. The van der Waals surface area contributed by atoms with Crippen molar-refractivity contribution in [2.24, 2.45) is 0 Å². The van der Waals surface area contributed by atoms with E-state index in [-0.39, 0.29) is 31.6 Å². The topological polar surface area (TPSA) is 62.7 Å². The molecule has 0 radical (unpaired) electrons. The SMILES string of the molecule is N#Cc1cc(-c2nc3cc(F)ccc3[se]2)cc(F)c1N. The van der Waals surface area contributed by atoms with E-state index in [9.17, 15) is 8.78 Å². The van der Waals surface area contributed by atoms with Crippen LogP contribution in [-0.4, -0.2) is 19.5 Å². The van der Waals surface area contributed by atoms with E-state index in [2.05, 4.69) is 4.98 Å². The molecular formula is C14H7F2N3Se. The third kappa shape index (κ3) is 2.07. The average Bonchev–Trinajstić information content (AvgIpc) is 2.84. The fraction of sp³-hybridized carbons (Fsp3) is 0. The number of anilines is 1. The number of nitrogens with two attached hydrogens (primary N) is 1. The number of benzene rings is 2. The van der Waals surface area contributed by atoms with Crippen LogP contribution in [0.15, 0.2) is 30.3 Å². The van der Waals surface area contributed by atoms with E-state index < -0.39 is 5.82 Å². The predicted molar refractivity (Wildman–Crippen MR) is 73.2 cm³/mol. The summed E-state index contributed by atoms with van der Waals surface area (Å²) in [7, 11) is 0. The standard InChI is InChI=1S/C14H7F2N3Se/c15-9-1-2-12-11(5-9)19-14(20-12)7-3-8(6-17)13(18)10(16)4-7/h1-5H,18H2. The molecule has 0 fully saturated rings. The van der Waals surface area contributed by atoms with Gasteiger partial charge in [-0.3, -0.25) is 0 Å². The van der Waals surface area contributed by atoms with Crippen molar-refractivity contribution in [1.29, 1.82) is 5.26 Å². The van der Waals surface area contributed by atoms with E-state index in [0.29, 0.717) is 15.6 Å². The first-order valence-corrected chi connectivity index (χ1v) is 7.35. The Morgan fingerprint density at radius 2 is 2.00 bits per heavy atom. The van der Waals surface area contributed by atoms with Gasteiger partial charge in [0.15, 0.2) is 0 Å². The minimum atomic E-state index is -0.639. The van der Waals surface area contributed by atoms with Crippen molar-refractivity contribution in [2.45, 2.75) is 0 Å². The van der Waals surface area contributed by atoms with Crippen LogP contribution in [0.5, 0.6) is 0 Å². The number of halogens is 2. The number of nitrogens with zero attached hydrogens (tertiary/aromatic N) is 2. The molecule has 0 bridgehead atoms. The Morgan fingerprint density at radius 3 is 2.75 bits per heavy atom. The van der Waals surface area contributed by atoms with Crippen molar-refractivity contribution in [1.82, 2.24) is 4.98 Å². The number of nitrogen functional groups attached to an aromatic ring is 1. The van der Waals surface area contributed by atoms with Crippen LogP contribution in [0.1, 0.15) is 5.56 Å². The monoisotopic (exact) mass is 335 g/mol. The van der Waals surface area contributed by atoms with Gasteiger partial charge >= 0.3 is 118 Å². The van der Waals surface area contributed by atoms with E-state index in [1.54, 1.807) is 6.07 Å². The van der Waals surface area contributed by atoms with E-state index in [0.717, 1.165) is 4.26 Å². The van der Waals surface area contributed by atoms with E-state index >= 15 is 0 Å². The van der Waals surface area contributed by atoms with Crippen LogP contribution in [0.2, 0.25) is 0 Å². The summed E-state index contributed by atoms with van der Waals surface area (Å²) in [6.45, 7) is 0. The second kappa shape index (κ2) is 4.71. The van der Waals surface area contributed by atoms with E-state index in [4.69, 9.17) is 11.0 Å². The zero-order valence-corrected chi connectivity index (χ0v) is 11.7. The first kappa shape index (κ1) is 12.8. The van der Waals surface area contributed by atoms with Crippen molar-refractivity contribution in [3.05, 3.63) is 47.5 Å². The molecule has 0 unspecified atom stereocenters. The van der Waals surface area contributed by atoms with Gasteiger partial charge in [-0.1, -0.05) is 0 Å². The second-order valence-electron chi connectivity index (χ2n) is 4.16. The molecule has 3 rings (SSSR count). The predicted octanol–water partition coefficient (Wildman–Crippen LogP) is 2.69. The van der Waals surface area contributed by atoms with Crippen LogP contribution < -0.4 is 5.73 Å². The number of hydrogen-bond acceptors (Lipinski definition) is 3. The number of rotatable bonds is 1. The molecule has 0 aliphatic carbocycles. The molecule has 2 N–H and O–H groups in total. The van der Waals surface area contributed by atoms with Gasteiger partial charge in [0.2, 0.25) is 0 Å². The van der Waals surface area contributed by atoms with Crippen LogP contribution in [0.25, 0.3) is 19.9 Å². The molecule has 0 saturated carbocycles. The second-order valence-corrected chi connectivity index (χ2v) is 6.32. The van der Waals surface area contributed by atoms with Gasteiger partial charge in [-0.05, 0) is 0 Å². The van der Waals surface area contributed by atoms with E-state index in [1.165, 1.54) is 24.3 Å². The first-order valence-electron chi connectivity index (χ1n) is 5.64. The van der Waals surface area contributed by atoms with E-state index in [1.807, 2.05) is 6.07 Å².